The van der Waals surface area contributed by atoms with Gasteiger partial charge < -0.3 is 10.1 Å². The average molecular weight is 386 g/mol. The number of hydrogen-bond donors (Lipinski definition) is 1. The largest absolute Gasteiger partial charge is 0.489 e. The number of hydrogen-bond acceptors (Lipinski definition) is 5. The Kier molecular flexibility index (Phi) is 4.88. The summed E-state index contributed by atoms with van der Waals surface area (Å²) in [6.45, 7) is 1.50. The molecule has 0 fully saturated rings. The van der Waals surface area contributed by atoms with Crippen molar-refractivity contribution in [2.75, 3.05) is 19.6 Å². The third-order valence-corrected chi connectivity index (χ3v) is 6.84. The zero-order valence-electron chi connectivity index (χ0n) is 14.9. The second-order valence-corrected chi connectivity index (χ2v) is 8.65. The maximum absolute atomic E-state index is 12.5. The molecule has 1 atom stereocenters. The molecule has 0 aromatic heterocycles. The Hall–Kier alpha value is -2.38. The van der Waals surface area contributed by atoms with Gasteiger partial charge in [-0.05, 0) is 49.6 Å². The molecule has 0 bridgehead atoms. The highest BCUT2D eigenvalue weighted by Gasteiger charge is 2.40. The SMILES string of the molecule is O=C1c2ccccc2S(=O)(=O)N1CCCNC[C@H]1CCc2ccccc2O1. The Morgan fingerprint density at radius 1 is 1.11 bits per heavy atom. The highest BCUT2D eigenvalue weighted by molar-refractivity contribution is 7.90. The lowest BCUT2D eigenvalue weighted by Gasteiger charge is -2.26. The molecule has 4 rings (SSSR count). The smallest absolute Gasteiger partial charge is 0.269 e. The summed E-state index contributed by atoms with van der Waals surface area (Å²) in [4.78, 5) is 12.5. The number of ether oxygens (including phenoxy) is 1. The van der Waals surface area contributed by atoms with E-state index in [1.54, 1.807) is 18.2 Å². The van der Waals surface area contributed by atoms with Gasteiger partial charge in [-0.25, -0.2) is 12.7 Å². The number of aryl methyl sites for hydroxylation is 1. The van der Waals surface area contributed by atoms with Gasteiger partial charge in [-0.15, -0.1) is 0 Å². The molecule has 0 spiro atoms. The minimum absolute atomic E-state index is 0.109. The third kappa shape index (κ3) is 3.44. The van der Waals surface area contributed by atoms with E-state index in [2.05, 4.69) is 11.4 Å². The Bertz CT molecular complexity index is 958. The summed E-state index contributed by atoms with van der Waals surface area (Å²) in [7, 11) is -3.71. The number of rotatable bonds is 6. The van der Waals surface area contributed by atoms with E-state index < -0.39 is 15.9 Å². The molecular weight excluding hydrogens is 364 g/mol. The van der Waals surface area contributed by atoms with E-state index >= 15 is 0 Å². The summed E-state index contributed by atoms with van der Waals surface area (Å²) in [6.07, 6.45) is 2.63. The first kappa shape index (κ1) is 18.0. The number of sulfonamides is 1. The molecule has 2 aromatic rings. The fourth-order valence-electron chi connectivity index (χ4n) is 3.59. The van der Waals surface area contributed by atoms with Crippen LogP contribution in [0.5, 0.6) is 5.75 Å². The van der Waals surface area contributed by atoms with Crippen molar-refractivity contribution in [2.24, 2.45) is 0 Å². The fraction of sp³-hybridized carbons (Fsp3) is 0.350. The van der Waals surface area contributed by atoms with E-state index in [-0.39, 0.29) is 23.1 Å². The summed E-state index contributed by atoms with van der Waals surface area (Å²) in [6, 6.07) is 14.4. The van der Waals surface area contributed by atoms with Crippen LogP contribution in [-0.4, -0.2) is 44.4 Å². The molecule has 0 unspecified atom stereocenters. The molecule has 1 amide bonds. The van der Waals surface area contributed by atoms with E-state index in [0.29, 0.717) is 19.5 Å². The van der Waals surface area contributed by atoms with Crippen LogP contribution in [0.2, 0.25) is 0 Å². The van der Waals surface area contributed by atoms with Crippen molar-refractivity contribution in [3.8, 4) is 5.75 Å². The first-order valence-corrected chi connectivity index (χ1v) is 10.6. The van der Waals surface area contributed by atoms with Crippen LogP contribution in [0.25, 0.3) is 0 Å². The van der Waals surface area contributed by atoms with E-state index in [1.807, 2.05) is 18.2 Å². The molecule has 2 aromatic carbocycles. The number of amides is 1. The van der Waals surface area contributed by atoms with E-state index in [4.69, 9.17) is 4.74 Å². The predicted molar refractivity (Wildman–Crippen MR) is 101 cm³/mol. The lowest BCUT2D eigenvalue weighted by Crippen LogP contribution is -2.36. The number of para-hydroxylation sites is 1. The lowest BCUT2D eigenvalue weighted by molar-refractivity contribution is 0.0869. The summed E-state index contributed by atoms with van der Waals surface area (Å²) < 4.78 is 31.9. The van der Waals surface area contributed by atoms with Gasteiger partial charge in [0.15, 0.2) is 0 Å². The van der Waals surface area contributed by atoms with Crippen molar-refractivity contribution in [1.29, 1.82) is 0 Å². The maximum Gasteiger partial charge on any atom is 0.269 e. The number of nitrogens with one attached hydrogen (secondary N) is 1. The molecular formula is C20H22N2O4S. The Morgan fingerprint density at radius 2 is 1.89 bits per heavy atom. The summed E-state index contributed by atoms with van der Waals surface area (Å²) in [5, 5.41) is 3.32. The second kappa shape index (κ2) is 7.32. The minimum Gasteiger partial charge on any atom is -0.489 e. The van der Waals surface area contributed by atoms with Crippen LogP contribution in [0.4, 0.5) is 0 Å². The molecule has 7 heteroatoms. The Morgan fingerprint density at radius 3 is 2.74 bits per heavy atom. The molecule has 0 aliphatic carbocycles. The van der Waals surface area contributed by atoms with Crippen molar-refractivity contribution >= 4 is 15.9 Å². The van der Waals surface area contributed by atoms with Gasteiger partial charge >= 0.3 is 0 Å². The normalized spacial score (nSPS) is 20.1. The number of carbonyl (C=O) groups excluding carboxylic acids is 1. The van der Waals surface area contributed by atoms with Crippen molar-refractivity contribution in [1.82, 2.24) is 9.62 Å². The van der Waals surface area contributed by atoms with Crippen molar-refractivity contribution in [2.45, 2.75) is 30.3 Å². The van der Waals surface area contributed by atoms with E-state index in [1.165, 1.54) is 11.6 Å². The third-order valence-electron chi connectivity index (χ3n) is 5.00. The number of benzene rings is 2. The summed E-state index contributed by atoms with van der Waals surface area (Å²) in [5.41, 5.74) is 1.51. The molecule has 6 nitrogen and oxygen atoms in total. The molecule has 1 N–H and O–H groups in total. The number of nitrogens with zero attached hydrogens (tertiary/aromatic N) is 1. The van der Waals surface area contributed by atoms with Gasteiger partial charge in [0.1, 0.15) is 16.7 Å². The van der Waals surface area contributed by atoms with Gasteiger partial charge in [-0.1, -0.05) is 30.3 Å². The zero-order valence-corrected chi connectivity index (χ0v) is 15.7. The van der Waals surface area contributed by atoms with Crippen LogP contribution in [0.3, 0.4) is 0 Å². The van der Waals surface area contributed by atoms with Crippen molar-refractivity contribution < 1.29 is 17.9 Å². The van der Waals surface area contributed by atoms with Gasteiger partial charge in [0.2, 0.25) is 0 Å². The quantitative estimate of drug-likeness (QED) is 0.771. The maximum atomic E-state index is 12.5. The monoisotopic (exact) mass is 386 g/mol. The highest BCUT2D eigenvalue weighted by atomic mass is 32.2. The molecule has 2 aliphatic rings. The van der Waals surface area contributed by atoms with Crippen LogP contribution in [0.1, 0.15) is 28.8 Å². The van der Waals surface area contributed by atoms with Crippen LogP contribution >= 0.6 is 0 Å². The molecule has 2 heterocycles. The van der Waals surface area contributed by atoms with E-state index in [9.17, 15) is 13.2 Å². The Labute approximate surface area is 159 Å². The number of fused-ring (bicyclic) bond motifs is 2. The molecule has 2 aliphatic heterocycles. The summed E-state index contributed by atoms with van der Waals surface area (Å²) in [5.74, 6) is 0.514. The number of carbonyl (C=O) groups is 1. The highest BCUT2D eigenvalue weighted by Crippen LogP contribution is 2.30. The van der Waals surface area contributed by atoms with E-state index in [0.717, 1.165) is 22.9 Å². The van der Waals surface area contributed by atoms with Gasteiger partial charge in [0, 0.05) is 13.1 Å². The molecule has 0 saturated heterocycles. The van der Waals surface area contributed by atoms with Crippen LogP contribution < -0.4 is 10.1 Å². The second-order valence-electron chi connectivity index (χ2n) is 6.82. The first-order valence-electron chi connectivity index (χ1n) is 9.19. The first-order chi connectivity index (χ1) is 13.1. The van der Waals surface area contributed by atoms with Crippen molar-refractivity contribution in [3.63, 3.8) is 0 Å². The predicted octanol–water partition coefficient (Wildman–Crippen LogP) is 2.20. The zero-order chi connectivity index (χ0) is 18.9. The standard InChI is InChI=1S/C20H22N2O4S/c23-20-17-7-2-4-9-19(17)27(24,25)22(20)13-5-12-21-14-16-11-10-15-6-1-3-8-18(15)26-16/h1-4,6-9,16,21H,5,10-14H2/t16-/m1/s1. The van der Waals surface area contributed by atoms with Crippen LogP contribution in [0, 0.1) is 0 Å². The minimum atomic E-state index is -3.71. The van der Waals surface area contributed by atoms with Crippen molar-refractivity contribution in [3.05, 3.63) is 59.7 Å². The molecule has 0 radical (unpaired) electrons. The summed E-state index contributed by atoms with van der Waals surface area (Å²) >= 11 is 0. The van der Waals surface area contributed by atoms with Gasteiger partial charge in [0.25, 0.3) is 15.9 Å². The van der Waals surface area contributed by atoms with Gasteiger partial charge in [0.05, 0.1) is 5.56 Å². The average Bonchev–Trinajstić information content (AvgIpc) is 2.88. The van der Waals surface area contributed by atoms with Gasteiger partial charge in [-0.2, -0.15) is 0 Å². The topological polar surface area (TPSA) is 75.7 Å². The van der Waals surface area contributed by atoms with Crippen LogP contribution in [-0.2, 0) is 16.4 Å². The van der Waals surface area contributed by atoms with Crippen LogP contribution in [0.15, 0.2) is 53.4 Å². The molecule has 0 saturated carbocycles. The molecule has 27 heavy (non-hydrogen) atoms. The fourth-order valence-corrected chi connectivity index (χ4v) is 5.19. The Balaban J connectivity index is 1.25. The lowest BCUT2D eigenvalue weighted by atomic mass is 10.0. The molecule has 142 valence electrons. The van der Waals surface area contributed by atoms with Gasteiger partial charge in [-0.3, -0.25) is 4.79 Å².